The third-order valence-corrected chi connectivity index (χ3v) is 3.61. The maximum absolute atomic E-state index is 11.9. The summed E-state index contributed by atoms with van der Waals surface area (Å²) in [7, 11) is 0. The molecular weight excluding hydrogens is 270 g/mol. The lowest BCUT2D eigenvalue weighted by atomic mass is 10.0. The molecule has 21 heavy (non-hydrogen) atoms. The van der Waals surface area contributed by atoms with Crippen molar-refractivity contribution in [2.75, 3.05) is 0 Å². The van der Waals surface area contributed by atoms with E-state index in [2.05, 4.69) is 12.2 Å². The predicted molar refractivity (Wildman–Crippen MR) is 78.0 cm³/mol. The van der Waals surface area contributed by atoms with E-state index in [1.165, 1.54) is 0 Å². The van der Waals surface area contributed by atoms with E-state index in [0.717, 1.165) is 12.2 Å². The molecule has 5 heteroatoms. The Morgan fingerprint density at radius 1 is 1.38 bits per heavy atom. The largest absolute Gasteiger partial charge is 0.463 e. The number of amides is 1. The fourth-order valence-electron chi connectivity index (χ4n) is 2.21. The number of nitrogens with one attached hydrogen (secondary N) is 1. The summed E-state index contributed by atoms with van der Waals surface area (Å²) in [5.74, 6) is 2.34. The summed E-state index contributed by atoms with van der Waals surface area (Å²) in [4.78, 5) is 23.3. The zero-order chi connectivity index (χ0) is 15.8. The Balaban J connectivity index is 2.11. The number of hydrogen-bond acceptors (Lipinski definition) is 4. The van der Waals surface area contributed by atoms with Gasteiger partial charge in [-0.2, -0.15) is 0 Å². The fourth-order valence-corrected chi connectivity index (χ4v) is 2.21. The van der Waals surface area contributed by atoms with Gasteiger partial charge in [-0.1, -0.05) is 6.92 Å². The topological polar surface area (TPSA) is 68.5 Å². The van der Waals surface area contributed by atoms with Crippen LogP contribution >= 0.6 is 0 Å². The van der Waals surface area contributed by atoms with Crippen LogP contribution in [0, 0.1) is 5.92 Å². The van der Waals surface area contributed by atoms with Crippen molar-refractivity contribution in [3.63, 3.8) is 0 Å². The Hall–Kier alpha value is -1.78. The molecule has 0 spiro atoms. The van der Waals surface area contributed by atoms with Gasteiger partial charge in [-0.3, -0.25) is 0 Å². The third kappa shape index (κ3) is 3.65. The SMILES string of the molecule is CC1CC1c1ccc(C(C)(C=O)NC(=O)OC(C)(C)C)o1. The number of rotatable bonds is 4. The molecule has 1 heterocycles. The highest BCUT2D eigenvalue weighted by Crippen LogP contribution is 2.47. The molecule has 2 rings (SSSR count). The van der Waals surface area contributed by atoms with Gasteiger partial charge in [0.1, 0.15) is 17.1 Å². The Morgan fingerprint density at radius 3 is 2.48 bits per heavy atom. The van der Waals surface area contributed by atoms with Gasteiger partial charge in [0.05, 0.1) is 0 Å². The molecule has 1 amide bonds. The van der Waals surface area contributed by atoms with E-state index in [-0.39, 0.29) is 0 Å². The monoisotopic (exact) mass is 293 g/mol. The van der Waals surface area contributed by atoms with E-state index in [9.17, 15) is 9.59 Å². The Kier molecular flexibility index (Phi) is 3.87. The molecule has 0 saturated heterocycles. The summed E-state index contributed by atoms with van der Waals surface area (Å²) >= 11 is 0. The smallest absolute Gasteiger partial charge is 0.408 e. The average Bonchev–Trinajstić information content (AvgIpc) is 2.89. The number of alkyl carbamates (subject to hydrolysis) is 1. The fraction of sp³-hybridized carbons (Fsp3) is 0.625. The van der Waals surface area contributed by atoms with Gasteiger partial charge in [0.2, 0.25) is 0 Å². The molecule has 1 N–H and O–H groups in total. The van der Waals surface area contributed by atoms with Crippen molar-refractivity contribution in [3.8, 4) is 0 Å². The van der Waals surface area contributed by atoms with Crippen LogP contribution in [0.3, 0.4) is 0 Å². The molecule has 1 aliphatic rings. The molecule has 1 aliphatic carbocycles. The quantitative estimate of drug-likeness (QED) is 0.864. The minimum atomic E-state index is -1.22. The van der Waals surface area contributed by atoms with Gasteiger partial charge >= 0.3 is 6.09 Å². The summed E-state index contributed by atoms with van der Waals surface area (Å²) in [5, 5.41) is 2.58. The highest BCUT2D eigenvalue weighted by atomic mass is 16.6. The van der Waals surface area contributed by atoms with Crippen LogP contribution in [0.4, 0.5) is 4.79 Å². The highest BCUT2D eigenvalue weighted by Gasteiger charge is 2.39. The number of carbonyl (C=O) groups excluding carboxylic acids is 2. The van der Waals surface area contributed by atoms with E-state index < -0.39 is 17.2 Å². The lowest BCUT2D eigenvalue weighted by molar-refractivity contribution is -0.113. The molecule has 0 bridgehead atoms. The lowest BCUT2D eigenvalue weighted by Crippen LogP contribution is -2.46. The molecule has 1 aromatic heterocycles. The van der Waals surface area contributed by atoms with Gasteiger partial charge < -0.3 is 19.3 Å². The molecule has 0 aliphatic heterocycles. The van der Waals surface area contributed by atoms with Crippen molar-refractivity contribution in [2.45, 2.75) is 58.1 Å². The molecule has 5 nitrogen and oxygen atoms in total. The van der Waals surface area contributed by atoms with Crippen molar-refractivity contribution in [1.29, 1.82) is 0 Å². The van der Waals surface area contributed by atoms with E-state index >= 15 is 0 Å². The first-order valence-corrected chi connectivity index (χ1v) is 7.22. The second-order valence-corrected chi connectivity index (χ2v) is 6.97. The van der Waals surface area contributed by atoms with Gasteiger partial charge in [-0.25, -0.2) is 4.79 Å². The summed E-state index contributed by atoms with van der Waals surface area (Å²) < 4.78 is 11.0. The van der Waals surface area contributed by atoms with Crippen LogP contribution in [0.25, 0.3) is 0 Å². The number of carbonyl (C=O) groups is 2. The van der Waals surface area contributed by atoms with E-state index in [1.54, 1.807) is 33.8 Å². The summed E-state index contributed by atoms with van der Waals surface area (Å²) in [6.45, 7) is 9.06. The Labute approximate surface area is 125 Å². The second-order valence-electron chi connectivity index (χ2n) is 6.97. The van der Waals surface area contributed by atoms with Crippen molar-refractivity contribution in [1.82, 2.24) is 5.32 Å². The van der Waals surface area contributed by atoms with E-state index in [0.29, 0.717) is 23.9 Å². The summed E-state index contributed by atoms with van der Waals surface area (Å²) in [5.41, 5.74) is -1.84. The van der Waals surface area contributed by atoms with Crippen LogP contribution in [0.1, 0.15) is 58.5 Å². The van der Waals surface area contributed by atoms with Crippen LogP contribution in [0.2, 0.25) is 0 Å². The van der Waals surface area contributed by atoms with Crippen LogP contribution < -0.4 is 5.32 Å². The molecule has 1 saturated carbocycles. The molecule has 0 aromatic carbocycles. The van der Waals surface area contributed by atoms with Gasteiger partial charge in [0.15, 0.2) is 11.8 Å². The molecule has 1 fully saturated rings. The van der Waals surface area contributed by atoms with Crippen LogP contribution in [-0.2, 0) is 15.1 Å². The van der Waals surface area contributed by atoms with E-state index in [4.69, 9.17) is 9.15 Å². The number of ether oxygens (including phenoxy) is 1. The molecule has 3 atom stereocenters. The standard InChI is InChI=1S/C16H23NO4/c1-10-8-11(10)12-6-7-13(20-12)16(5,9-18)17-14(19)21-15(2,3)4/h6-7,9-11H,8H2,1-5H3,(H,17,19). The molecule has 1 aromatic rings. The average molecular weight is 293 g/mol. The summed E-state index contributed by atoms with van der Waals surface area (Å²) in [6.07, 6.45) is 1.12. The van der Waals surface area contributed by atoms with Crippen LogP contribution in [0.5, 0.6) is 0 Å². The van der Waals surface area contributed by atoms with E-state index in [1.807, 2.05) is 6.07 Å². The molecule has 3 unspecified atom stereocenters. The van der Waals surface area contributed by atoms with Crippen molar-refractivity contribution in [3.05, 3.63) is 23.7 Å². The first-order chi connectivity index (χ1) is 9.64. The minimum absolute atomic E-state index is 0.427. The van der Waals surface area contributed by atoms with Gasteiger partial charge in [0.25, 0.3) is 0 Å². The normalized spacial score (nSPS) is 24.0. The zero-order valence-corrected chi connectivity index (χ0v) is 13.2. The first kappa shape index (κ1) is 15.6. The molecular formula is C16H23NO4. The van der Waals surface area contributed by atoms with Crippen LogP contribution in [-0.4, -0.2) is 18.0 Å². The molecule has 0 radical (unpaired) electrons. The number of aldehydes is 1. The maximum atomic E-state index is 11.9. The minimum Gasteiger partial charge on any atom is -0.463 e. The first-order valence-electron chi connectivity index (χ1n) is 7.22. The van der Waals surface area contributed by atoms with Crippen molar-refractivity contribution >= 4 is 12.4 Å². The van der Waals surface area contributed by atoms with Gasteiger partial charge in [0, 0.05) is 5.92 Å². The van der Waals surface area contributed by atoms with Crippen molar-refractivity contribution < 1.29 is 18.7 Å². The maximum Gasteiger partial charge on any atom is 0.408 e. The van der Waals surface area contributed by atoms with Gasteiger partial charge in [-0.15, -0.1) is 0 Å². The molecule has 116 valence electrons. The van der Waals surface area contributed by atoms with Crippen molar-refractivity contribution in [2.24, 2.45) is 5.92 Å². The number of hydrogen-bond donors (Lipinski definition) is 1. The Bertz CT molecular complexity index is 543. The second kappa shape index (κ2) is 5.20. The predicted octanol–water partition coefficient (Wildman–Crippen LogP) is 3.34. The third-order valence-electron chi connectivity index (χ3n) is 3.61. The lowest BCUT2D eigenvalue weighted by Gasteiger charge is -2.26. The van der Waals surface area contributed by atoms with Crippen LogP contribution in [0.15, 0.2) is 16.5 Å². The van der Waals surface area contributed by atoms with Gasteiger partial charge in [-0.05, 0) is 52.2 Å². The number of furan rings is 1. The zero-order valence-electron chi connectivity index (χ0n) is 13.2. The Morgan fingerprint density at radius 2 is 2.00 bits per heavy atom. The highest BCUT2D eigenvalue weighted by molar-refractivity contribution is 5.77. The summed E-state index contributed by atoms with van der Waals surface area (Å²) in [6, 6.07) is 3.62.